The van der Waals surface area contributed by atoms with Crippen LogP contribution in [-0.2, 0) is 14.8 Å². The number of aliphatic imine (C=N–C) groups is 1. The minimum absolute atomic E-state index is 0.165. The number of ether oxygens (including phenoxy) is 2. The summed E-state index contributed by atoms with van der Waals surface area (Å²) in [4.78, 5) is 22.3. The van der Waals surface area contributed by atoms with Crippen LogP contribution in [0.15, 0.2) is 46.3 Å². The summed E-state index contributed by atoms with van der Waals surface area (Å²) in [5.74, 6) is 1.15. The van der Waals surface area contributed by atoms with E-state index in [1.165, 1.54) is 17.4 Å². The van der Waals surface area contributed by atoms with Gasteiger partial charge in [0.1, 0.15) is 25.1 Å². The summed E-state index contributed by atoms with van der Waals surface area (Å²) in [6.07, 6.45) is 2.13. The topological polar surface area (TPSA) is 119 Å². The first kappa shape index (κ1) is 21.7. The molecule has 2 aliphatic heterocycles. The number of nitrogens with one attached hydrogen (secondary N) is 2. The summed E-state index contributed by atoms with van der Waals surface area (Å²) in [6, 6.07) is 9.50. The molecule has 1 unspecified atom stereocenters. The molecular formula is C22H22N4O5S2. The normalized spacial score (nSPS) is 18.0. The number of amides is 1. The third-order valence-corrected chi connectivity index (χ3v) is 7.69. The molecule has 33 heavy (non-hydrogen) atoms. The standard InChI is InChI=1S/C22H22N4O5S2/c1-2-3-7-14(23-20-13-6-4-5-8-19(13)33(28,29)26-20)21(27)25-22-24-15-11-16-17(12-18(15)32-22)31-10-9-30-16/h4-6,8,11-12,14H,2-3,7,9-10H2,1H3,(H,23,26)(H,24,25,27). The van der Waals surface area contributed by atoms with Gasteiger partial charge in [0.25, 0.3) is 15.9 Å². The molecule has 2 aromatic carbocycles. The van der Waals surface area contributed by atoms with Crippen LogP contribution in [0.3, 0.4) is 0 Å². The molecule has 2 N–H and O–H groups in total. The zero-order chi connectivity index (χ0) is 23.0. The van der Waals surface area contributed by atoms with E-state index in [1.807, 2.05) is 13.0 Å². The largest absolute Gasteiger partial charge is 0.486 e. The molecule has 0 fully saturated rings. The molecule has 2 aliphatic rings. The van der Waals surface area contributed by atoms with Crippen LogP contribution in [-0.4, -0.2) is 44.4 Å². The lowest BCUT2D eigenvalue weighted by Crippen LogP contribution is -2.30. The molecule has 3 aromatic rings. The fraction of sp³-hybridized carbons (Fsp3) is 0.318. The van der Waals surface area contributed by atoms with Crippen molar-refractivity contribution in [1.29, 1.82) is 0 Å². The van der Waals surface area contributed by atoms with Gasteiger partial charge in [0, 0.05) is 17.7 Å². The Kier molecular flexibility index (Phi) is 5.67. The predicted octanol–water partition coefficient (Wildman–Crippen LogP) is 3.30. The Labute approximate surface area is 194 Å². The maximum Gasteiger partial charge on any atom is 0.263 e. The Bertz CT molecular complexity index is 1320. The quantitative estimate of drug-likeness (QED) is 0.552. The smallest absolute Gasteiger partial charge is 0.263 e. The summed E-state index contributed by atoms with van der Waals surface area (Å²) in [5.41, 5.74) is 1.17. The first-order valence-corrected chi connectivity index (χ1v) is 13.0. The van der Waals surface area contributed by atoms with Crippen molar-refractivity contribution in [3.8, 4) is 11.5 Å². The maximum absolute atomic E-state index is 13.1. The van der Waals surface area contributed by atoms with Crippen LogP contribution >= 0.6 is 11.3 Å². The summed E-state index contributed by atoms with van der Waals surface area (Å²) >= 11 is 1.33. The monoisotopic (exact) mass is 486 g/mol. The van der Waals surface area contributed by atoms with Crippen molar-refractivity contribution in [3.05, 3.63) is 42.0 Å². The van der Waals surface area contributed by atoms with Gasteiger partial charge in [0.15, 0.2) is 16.6 Å². The Balaban J connectivity index is 1.42. The highest BCUT2D eigenvalue weighted by Crippen LogP contribution is 2.38. The van der Waals surface area contributed by atoms with E-state index in [-0.39, 0.29) is 16.6 Å². The SMILES string of the molecule is CCCCC(N=C1NS(=O)(=O)c2ccccc21)C(=O)Nc1nc2cc3c(cc2s1)OCCO3. The number of unbranched alkanes of at least 4 members (excludes halogenated alkanes) is 1. The second-order valence-electron chi connectivity index (χ2n) is 7.71. The van der Waals surface area contributed by atoms with Crippen LogP contribution in [0.2, 0.25) is 0 Å². The lowest BCUT2D eigenvalue weighted by Gasteiger charge is -2.17. The summed E-state index contributed by atoms with van der Waals surface area (Å²) < 4.78 is 39.4. The second kappa shape index (κ2) is 8.64. The van der Waals surface area contributed by atoms with E-state index in [1.54, 1.807) is 24.3 Å². The van der Waals surface area contributed by atoms with Crippen LogP contribution in [0.25, 0.3) is 10.2 Å². The average Bonchev–Trinajstić information content (AvgIpc) is 3.31. The van der Waals surface area contributed by atoms with Crippen molar-refractivity contribution >= 4 is 48.5 Å². The number of nitrogens with zero attached hydrogens (tertiary/aromatic N) is 2. The van der Waals surface area contributed by atoms with Crippen LogP contribution < -0.4 is 19.5 Å². The molecule has 1 amide bonds. The lowest BCUT2D eigenvalue weighted by molar-refractivity contribution is -0.117. The molecule has 1 aromatic heterocycles. The van der Waals surface area contributed by atoms with Gasteiger partial charge >= 0.3 is 0 Å². The van der Waals surface area contributed by atoms with E-state index in [0.29, 0.717) is 47.3 Å². The number of carbonyl (C=O) groups excluding carboxylic acids is 1. The van der Waals surface area contributed by atoms with Gasteiger partial charge in [-0.05, 0) is 18.6 Å². The van der Waals surface area contributed by atoms with Crippen molar-refractivity contribution in [2.75, 3.05) is 18.5 Å². The number of fused-ring (bicyclic) bond motifs is 3. The van der Waals surface area contributed by atoms with E-state index < -0.39 is 16.1 Å². The molecule has 0 aliphatic carbocycles. The third-order valence-electron chi connectivity index (χ3n) is 5.36. The molecule has 3 heterocycles. The number of amidine groups is 1. The average molecular weight is 487 g/mol. The fourth-order valence-electron chi connectivity index (χ4n) is 3.74. The van der Waals surface area contributed by atoms with Crippen molar-refractivity contribution in [3.63, 3.8) is 0 Å². The molecule has 1 atom stereocenters. The number of sulfonamides is 1. The number of anilines is 1. The number of benzene rings is 2. The van der Waals surface area contributed by atoms with Crippen LogP contribution in [0.1, 0.15) is 31.7 Å². The minimum Gasteiger partial charge on any atom is -0.486 e. The number of rotatable bonds is 6. The van der Waals surface area contributed by atoms with Crippen molar-refractivity contribution < 1.29 is 22.7 Å². The summed E-state index contributed by atoms with van der Waals surface area (Å²) in [5, 5.41) is 3.29. The number of aromatic nitrogens is 1. The zero-order valence-corrected chi connectivity index (χ0v) is 19.5. The van der Waals surface area contributed by atoms with Gasteiger partial charge in [-0.15, -0.1) is 0 Å². The Morgan fingerprint density at radius 3 is 2.79 bits per heavy atom. The Hall–Kier alpha value is -3.18. The highest BCUT2D eigenvalue weighted by atomic mass is 32.2. The van der Waals surface area contributed by atoms with Crippen molar-refractivity contribution in [2.45, 2.75) is 37.1 Å². The molecule has 0 spiro atoms. The molecule has 11 heteroatoms. The minimum atomic E-state index is -3.68. The first-order chi connectivity index (χ1) is 15.9. The summed E-state index contributed by atoms with van der Waals surface area (Å²) in [7, 11) is -3.68. The molecule has 9 nitrogen and oxygen atoms in total. The van der Waals surface area contributed by atoms with Crippen LogP contribution in [0.5, 0.6) is 11.5 Å². The van der Waals surface area contributed by atoms with Crippen LogP contribution in [0, 0.1) is 0 Å². The molecular weight excluding hydrogens is 464 g/mol. The van der Waals surface area contributed by atoms with Gasteiger partial charge in [0.2, 0.25) is 0 Å². The molecule has 172 valence electrons. The molecule has 0 saturated heterocycles. The number of carbonyl (C=O) groups is 1. The predicted molar refractivity (Wildman–Crippen MR) is 126 cm³/mol. The van der Waals surface area contributed by atoms with Gasteiger partial charge in [-0.25, -0.2) is 13.4 Å². The number of hydrogen-bond acceptors (Lipinski definition) is 8. The van der Waals surface area contributed by atoms with Crippen molar-refractivity contribution in [1.82, 2.24) is 9.71 Å². The van der Waals surface area contributed by atoms with Gasteiger partial charge in [-0.1, -0.05) is 43.2 Å². The molecule has 0 saturated carbocycles. The zero-order valence-electron chi connectivity index (χ0n) is 17.8. The van der Waals surface area contributed by atoms with Gasteiger partial charge in [0.05, 0.1) is 15.1 Å². The van der Waals surface area contributed by atoms with E-state index in [2.05, 4.69) is 20.0 Å². The second-order valence-corrected chi connectivity index (χ2v) is 10.4. The van der Waals surface area contributed by atoms with E-state index >= 15 is 0 Å². The first-order valence-electron chi connectivity index (χ1n) is 10.7. The maximum atomic E-state index is 13.1. The molecule has 0 radical (unpaired) electrons. The molecule has 5 rings (SSSR count). The Morgan fingerprint density at radius 2 is 2.00 bits per heavy atom. The highest BCUT2D eigenvalue weighted by molar-refractivity contribution is 7.90. The highest BCUT2D eigenvalue weighted by Gasteiger charge is 2.32. The van der Waals surface area contributed by atoms with E-state index in [0.717, 1.165) is 17.5 Å². The molecule has 0 bridgehead atoms. The van der Waals surface area contributed by atoms with E-state index in [4.69, 9.17) is 9.47 Å². The lowest BCUT2D eigenvalue weighted by atomic mass is 10.1. The van der Waals surface area contributed by atoms with Gasteiger partial charge in [-0.2, -0.15) is 0 Å². The van der Waals surface area contributed by atoms with Crippen LogP contribution in [0.4, 0.5) is 5.13 Å². The third kappa shape index (κ3) is 4.25. The van der Waals surface area contributed by atoms with E-state index in [9.17, 15) is 13.2 Å². The Morgan fingerprint density at radius 1 is 1.24 bits per heavy atom. The van der Waals surface area contributed by atoms with Gasteiger partial charge < -0.3 is 14.8 Å². The van der Waals surface area contributed by atoms with Gasteiger partial charge in [-0.3, -0.25) is 14.5 Å². The number of hydrogen-bond donors (Lipinski definition) is 2. The van der Waals surface area contributed by atoms with Crippen molar-refractivity contribution in [2.24, 2.45) is 4.99 Å². The fourth-order valence-corrected chi connectivity index (χ4v) is 5.86. The summed E-state index contributed by atoms with van der Waals surface area (Å²) in [6.45, 7) is 3.00. The number of thiazole rings is 1.